The van der Waals surface area contributed by atoms with Gasteiger partial charge in [0, 0.05) is 31.4 Å². The molecule has 4 heteroatoms. The van der Waals surface area contributed by atoms with Gasteiger partial charge in [-0.2, -0.15) is 0 Å². The summed E-state index contributed by atoms with van der Waals surface area (Å²) < 4.78 is 0. The second-order valence-corrected chi connectivity index (χ2v) is 7.00. The van der Waals surface area contributed by atoms with Crippen molar-refractivity contribution in [1.82, 2.24) is 14.8 Å². The van der Waals surface area contributed by atoms with E-state index in [1.54, 1.807) is 0 Å². The van der Waals surface area contributed by atoms with Crippen LogP contribution in [0.1, 0.15) is 57.9 Å². The zero-order valence-corrected chi connectivity index (χ0v) is 14.5. The molecule has 3 rings (SSSR count). The highest BCUT2D eigenvalue weighted by Crippen LogP contribution is 2.44. The molecule has 23 heavy (non-hydrogen) atoms. The molecular weight excluding hydrogens is 286 g/mol. The van der Waals surface area contributed by atoms with E-state index < -0.39 is 0 Å². The van der Waals surface area contributed by atoms with Gasteiger partial charge in [-0.15, -0.1) is 0 Å². The first-order valence-electron chi connectivity index (χ1n) is 9.14. The maximum absolute atomic E-state index is 12.7. The van der Waals surface area contributed by atoms with Crippen LogP contribution >= 0.6 is 0 Å². The lowest BCUT2D eigenvalue weighted by Gasteiger charge is -2.52. The maximum atomic E-state index is 12.7. The molecule has 2 aliphatic rings. The number of pyridine rings is 1. The molecule has 2 atom stereocenters. The van der Waals surface area contributed by atoms with Crippen molar-refractivity contribution in [2.24, 2.45) is 0 Å². The first-order chi connectivity index (χ1) is 11.2. The third-order valence-electron chi connectivity index (χ3n) is 5.71. The molecule has 1 aromatic rings. The topological polar surface area (TPSA) is 36.4 Å². The summed E-state index contributed by atoms with van der Waals surface area (Å²) in [6, 6.07) is 4.57. The third-order valence-corrected chi connectivity index (χ3v) is 5.71. The Morgan fingerprint density at radius 1 is 1.26 bits per heavy atom. The predicted octanol–water partition coefficient (Wildman–Crippen LogP) is 3.23. The lowest BCUT2D eigenvalue weighted by Crippen LogP contribution is -2.62. The number of aromatic nitrogens is 1. The number of carbonyl (C=O) groups is 1. The van der Waals surface area contributed by atoms with E-state index in [0.717, 1.165) is 32.4 Å². The van der Waals surface area contributed by atoms with Gasteiger partial charge in [0.2, 0.25) is 5.91 Å². The molecule has 0 saturated carbocycles. The number of hydrogen-bond acceptors (Lipinski definition) is 3. The average Bonchev–Trinajstić information content (AvgIpc) is 2.87. The number of nitrogens with zero attached hydrogens (tertiary/aromatic N) is 3. The molecule has 4 nitrogen and oxygen atoms in total. The Balaban J connectivity index is 1.88. The van der Waals surface area contributed by atoms with Crippen LogP contribution in [0, 0.1) is 0 Å². The molecule has 1 amide bonds. The summed E-state index contributed by atoms with van der Waals surface area (Å²) in [6.45, 7) is 7.61. The molecule has 0 aromatic carbocycles. The van der Waals surface area contributed by atoms with Gasteiger partial charge in [0.1, 0.15) is 0 Å². The monoisotopic (exact) mass is 315 g/mol. The molecule has 1 spiro atoms. The summed E-state index contributed by atoms with van der Waals surface area (Å²) in [4.78, 5) is 21.6. The van der Waals surface area contributed by atoms with E-state index in [0.29, 0.717) is 18.4 Å². The van der Waals surface area contributed by atoms with E-state index in [4.69, 9.17) is 0 Å². The van der Waals surface area contributed by atoms with Crippen molar-refractivity contribution >= 4 is 5.91 Å². The summed E-state index contributed by atoms with van der Waals surface area (Å²) >= 11 is 0. The zero-order chi connectivity index (χ0) is 16.3. The Morgan fingerprint density at radius 2 is 2.04 bits per heavy atom. The van der Waals surface area contributed by atoms with Crippen LogP contribution in [0.15, 0.2) is 24.5 Å². The Kier molecular flexibility index (Phi) is 5.00. The first-order valence-corrected chi connectivity index (χ1v) is 9.14. The summed E-state index contributed by atoms with van der Waals surface area (Å²) in [7, 11) is 0. The maximum Gasteiger partial charge on any atom is 0.223 e. The lowest BCUT2D eigenvalue weighted by atomic mass is 9.77. The molecule has 0 unspecified atom stereocenters. The number of likely N-dealkylation sites (tertiary alicyclic amines) is 2. The fraction of sp³-hybridized carbons (Fsp3) is 0.684. The van der Waals surface area contributed by atoms with Crippen molar-refractivity contribution in [3.05, 3.63) is 30.1 Å². The van der Waals surface area contributed by atoms with Crippen LogP contribution in [0.25, 0.3) is 0 Å². The van der Waals surface area contributed by atoms with Gasteiger partial charge in [0.25, 0.3) is 0 Å². The van der Waals surface area contributed by atoms with Crippen molar-refractivity contribution in [3.63, 3.8) is 0 Å². The fourth-order valence-corrected chi connectivity index (χ4v) is 4.81. The van der Waals surface area contributed by atoms with Gasteiger partial charge < -0.3 is 4.90 Å². The van der Waals surface area contributed by atoms with Crippen molar-refractivity contribution in [3.8, 4) is 0 Å². The molecule has 0 aliphatic carbocycles. The lowest BCUT2D eigenvalue weighted by molar-refractivity contribution is -0.136. The smallest absolute Gasteiger partial charge is 0.223 e. The number of rotatable bonds is 5. The molecule has 1 aromatic heterocycles. The van der Waals surface area contributed by atoms with Gasteiger partial charge in [-0.1, -0.05) is 13.8 Å². The quantitative estimate of drug-likeness (QED) is 0.837. The summed E-state index contributed by atoms with van der Waals surface area (Å²) in [6.07, 6.45) is 10.1. The van der Waals surface area contributed by atoms with Crippen LogP contribution in [-0.2, 0) is 11.3 Å². The molecule has 3 heterocycles. The normalized spacial score (nSPS) is 28.7. The largest absolute Gasteiger partial charge is 0.331 e. The second-order valence-electron chi connectivity index (χ2n) is 7.00. The standard InChI is InChI=1S/C19H29N3O/c1-3-13-21-14-5-9-19(17(21)4-2)10-6-18(23)22(19)15-16-7-11-20-12-8-16/h7-8,11-12,17H,3-6,9-10,13-15H2,1-2H3/t17-,19-/m0/s1. The number of carbonyl (C=O) groups excluding carboxylic acids is 1. The van der Waals surface area contributed by atoms with Crippen molar-refractivity contribution in [2.45, 2.75) is 70.5 Å². The minimum atomic E-state index is 0.0442. The second kappa shape index (κ2) is 7.00. The van der Waals surface area contributed by atoms with Gasteiger partial charge in [-0.25, -0.2) is 0 Å². The molecule has 2 fully saturated rings. The van der Waals surface area contributed by atoms with Crippen LogP contribution in [0.3, 0.4) is 0 Å². The van der Waals surface area contributed by atoms with Crippen molar-refractivity contribution in [1.29, 1.82) is 0 Å². The Morgan fingerprint density at radius 3 is 2.74 bits per heavy atom. The minimum Gasteiger partial charge on any atom is -0.331 e. The molecule has 2 saturated heterocycles. The average molecular weight is 315 g/mol. The molecule has 0 bridgehead atoms. The Labute approximate surface area is 139 Å². The highest BCUT2D eigenvalue weighted by atomic mass is 16.2. The first kappa shape index (κ1) is 16.4. The third kappa shape index (κ3) is 3.01. The van der Waals surface area contributed by atoms with E-state index in [-0.39, 0.29) is 5.54 Å². The fourth-order valence-electron chi connectivity index (χ4n) is 4.81. The van der Waals surface area contributed by atoms with E-state index >= 15 is 0 Å². The molecule has 126 valence electrons. The van der Waals surface area contributed by atoms with Crippen LogP contribution in [-0.4, -0.2) is 45.4 Å². The van der Waals surface area contributed by atoms with Crippen LogP contribution in [0.2, 0.25) is 0 Å². The Bertz CT molecular complexity index is 531. The molecular formula is C19H29N3O. The van der Waals surface area contributed by atoms with Crippen molar-refractivity contribution < 1.29 is 4.79 Å². The van der Waals surface area contributed by atoms with E-state index in [2.05, 4.69) is 28.6 Å². The SMILES string of the molecule is CCCN1CCC[C@]2(CCC(=O)N2Cc2ccncc2)[C@@H]1CC. The van der Waals surface area contributed by atoms with E-state index in [1.807, 2.05) is 24.5 Å². The predicted molar refractivity (Wildman–Crippen MR) is 91.9 cm³/mol. The highest BCUT2D eigenvalue weighted by molar-refractivity contribution is 5.80. The molecule has 0 N–H and O–H groups in total. The van der Waals surface area contributed by atoms with Crippen LogP contribution in [0.5, 0.6) is 0 Å². The zero-order valence-electron chi connectivity index (χ0n) is 14.5. The number of hydrogen-bond donors (Lipinski definition) is 0. The summed E-state index contributed by atoms with van der Waals surface area (Å²) in [5, 5.41) is 0. The summed E-state index contributed by atoms with van der Waals surface area (Å²) in [5.74, 6) is 0.332. The van der Waals surface area contributed by atoms with Crippen LogP contribution < -0.4 is 0 Å². The number of piperidine rings is 1. The Hall–Kier alpha value is -1.42. The molecule has 0 radical (unpaired) electrons. The molecule has 2 aliphatic heterocycles. The van der Waals surface area contributed by atoms with Crippen LogP contribution in [0.4, 0.5) is 0 Å². The van der Waals surface area contributed by atoms with Gasteiger partial charge in [-0.05, 0) is 62.9 Å². The van der Waals surface area contributed by atoms with E-state index in [9.17, 15) is 4.79 Å². The minimum absolute atomic E-state index is 0.0442. The van der Waals surface area contributed by atoms with Crippen molar-refractivity contribution in [2.75, 3.05) is 13.1 Å². The van der Waals surface area contributed by atoms with Gasteiger partial charge in [0.15, 0.2) is 0 Å². The highest BCUT2D eigenvalue weighted by Gasteiger charge is 2.52. The van der Waals surface area contributed by atoms with Gasteiger partial charge in [-0.3, -0.25) is 14.7 Å². The summed E-state index contributed by atoms with van der Waals surface area (Å²) in [5.41, 5.74) is 1.24. The van der Waals surface area contributed by atoms with E-state index in [1.165, 1.54) is 24.9 Å². The number of amides is 1. The van der Waals surface area contributed by atoms with Gasteiger partial charge >= 0.3 is 0 Å². The van der Waals surface area contributed by atoms with Gasteiger partial charge in [0.05, 0.1) is 5.54 Å².